The molecule has 3 aromatic carbocycles. The molecule has 8 bridgehead atoms. The van der Waals surface area contributed by atoms with Crippen LogP contribution in [0.3, 0.4) is 0 Å². The van der Waals surface area contributed by atoms with Crippen molar-refractivity contribution in [1.82, 2.24) is 29.9 Å². The Bertz CT molecular complexity index is 2910. The Morgan fingerprint density at radius 3 is 0.740 bits per heavy atom. The van der Waals surface area contributed by atoms with E-state index in [0.717, 1.165) is 121 Å². The van der Waals surface area contributed by atoms with Crippen LogP contribution in [0.15, 0.2) is 170 Å². The van der Waals surface area contributed by atoms with Gasteiger partial charge in [0.05, 0.1) is 25.6 Å². The number of pyridine rings is 2. The summed E-state index contributed by atoms with van der Waals surface area (Å²) in [6.45, 7) is 6.25. The summed E-state index contributed by atoms with van der Waals surface area (Å²) in [5.74, 6) is 2.55. The molecule has 0 aliphatic carbocycles. The van der Waals surface area contributed by atoms with Crippen molar-refractivity contribution in [3.8, 4) is 11.4 Å². The molecule has 1 aliphatic heterocycles. The van der Waals surface area contributed by atoms with Gasteiger partial charge in [-0.1, -0.05) is 81.7 Å². The van der Waals surface area contributed by atoms with Crippen LogP contribution in [0.25, 0.3) is 11.4 Å². The van der Waals surface area contributed by atoms with E-state index in [0.29, 0.717) is 11.4 Å². The maximum Gasteiger partial charge on any atom is 0.180 e. The van der Waals surface area contributed by atoms with Crippen molar-refractivity contribution in [3.05, 3.63) is 255 Å². The third-order valence-electron chi connectivity index (χ3n) is 10.1. The zero-order valence-electron chi connectivity index (χ0n) is 37.7. The van der Waals surface area contributed by atoms with Crippen LogP contribution < -0.4 is 19.9 Å². The SMILES string of the molecule is Cc1ccc([C+]2c3[n-]c(c(Br)c3Br)-c3[n-]c(c(Br)c3Br)[C+](c3ccc(C)cc3)c3[n-]c(c(Br)c3Br)[C+](c3ccc(C)cc3)c3[n-]c2c(Br)c3Br)cc1.ClC(Cl)Cl.ClC(Cl)Cl.[Co].c1ccncc1.c1ccncc1. The number of hydrogen-bond acceptors (Lipinski definition) is 2. The van der Waals surface area contributed by atoms with E-state index in [1.165, 1.54) is 0 Å². The molecule has 0 unspecified atom stereocenters. The fourth-order valence-electron chi connectivity index (χ4n) is 6.92. The van der Waals surface area contributed by atoms with E-state index in [-0.39, 0.29) is 16.8 Å². The third-order valence-corrected chi connectivity index (χ3v) is 18.4. The van der Waals surface area contributed by atoms with Crippen molar-refractivity contribution >= 4 is 197 Å². The van der Waals surface area contributed by atoms with Crippen molar-refractivity contribution in [2.24, 2.45) is 0 Å². The molecule has 1 aliphatic rings. The monoisotopic (exact) mass is 1640 g/mol. The van der Waals surface area contributed by atoms with E-state index in [1.54, 1.807) is 24.8 Å². The van der Waals surface area contributed by atoms with Gasteiger partial charge in [0.25, 0.3) is 0 Å². The molecule has 0 atom stereocenters. The predicted octanol–water partition coefficient (Wildman–Crippen LogP) is 19.7. The average Bonchev–Trinajstić information content (AvgIpc) is 4.02. The smallest absolute Gasteiger partial charge is 0.180 e. The second kappa shape index (κ2) is 29.7. The number of halogens is 14. The van der Waals surface area contributed by atoms with Crippen LogP contribution >= 0.6 is 197 Å². The molecule has 0 N–H and O–H groups in total. The second-order valence-corrected chi connectivity index (χ2v) is 25.3. The van der Waals surface area contributed by atoms with E-state index in [1.807, 2.05) is 36.4 Å². The van der Waals surface area contributed by atoms with Gasteiger partial charge in [-0.25, -0.2) is 0 Å². The summed E-state index contributed by atoms with van der Waals surface area (Å²) in [5.41, 5.74) is 12.1. The number of rotatable bonds is 3. The summed E-state index contributed by atoms with van der Waals surface area (Å²) in [6, 6.07) is 36.7. The van der Waals surface area contributed by atoms with Crippen molar-refractivity contribution in [1.29, 1.82) is 0 Å². The largest absolute Gasteiger partial charge is 0.642 e. The fraction of sp³-hybridized carbons (Fsp3) is 0.0962. The number of hydrogen-bond donors (Lipinski definition) is 0. The molecule has 10 rings (SSSR count). The van der Waals surface area contributed by atoms with Crippen LogP contribution in [0, 0.1) is 38.5 Å². The first kappa shape index (κ1) is 62.6. The van der Waals surface area contributed by atoms with E-state index in [4.69, 9.17) is 89.5 Å². The van der Waals surface area contributed by atoms with Crippen LogP contribution in [0.5, 0.6) is 0 Å². The first-order chi connectivity index (χ1) is 34.3. The quantitative estimate of drug-likeness (QED) is 0.129. The van der Waals surface area contributed by atoms with Gasteiger partial charge in [0.1, 0.15) is 17.9 Å². The molecular formula is C52H33Br8Cl6CoN6-. The number of fused-ring (bicyclic) bond motifs is 9. The van der Waals surface area contributed by atoms with Crippen LogP contribution in [0.2, 0.25) is 0 Å². The van der Waals surface area contributed by atoms with E-state index < -0.39 is 8.59 Å². The summed E-state index contributed by atoms with van der Waals surface area (Å²) >= 11 is 60.4. The first-order valence-electron chi connectivity index (χ1n) is 20.8. The molecule has 0 fully saturated rings. The summed E-state index contributed by atoms with van der Waals surface area (Å²) in [7, 11) is 0. The summed E-state index contributed by atoms with van der Waals surface area (Å²) in [6.07, 6.45) is 7.00. The summed E-state index contributed by atoms with van der Waals surface area (Å²) in [5, 5.41) is 0. The normalized spacial score (nSPS) is 11.4. The summed E-state index contributed by atoms with van der Waals surface area (Å²) in [4.78, 5) is 29.1. The molecule has 0 saturated carbocycles. The van der Waals surface area contributed by atoms with Crippen molar-refractivity contribution in [3.63, 3.8) is 0 Å². The molecule has 9 aromatic rings. The van der Waals surface area contributed by atoms with Crippen molar-refractivity contribution < 1.29 is 16.8 Å². The fourth-order valence-corrected chi connectivity index (χ4v) is 10.7. The van der Waals surface area contributed by atoms with E-state index in [2.05, 4.69) is 231 Å². The molecule has 0 spiro atoms. The van der Waals surface area contributed by atoms with Gasteiger partial charge in [-0.05, 0) is 164 Å². The van der Waals surface area contributed by atoms with Gasteiger partial charge in [0, 0.05) is 200 Å². The van der Waals surface area contributed by atoms with Gasteiger partial charge in [0.2, 0.25) is 0 Å². The average molecular weight is 1650 g/mol. The predicted molar refractivity (Wildman–Crippen MR) is 326 cm³/mol. The van der Waals surface area contributed by atoms with E-state index in [9.17, 15) is 0 Å². The number of aromatic nitrogens is 6. The minimum absolute atomic E-state index is 0. The maximum atomic E-state index is 5.46. The Hall–Kier alpha value is -1.22. The number of aryl methyl sites for hydroxylation is 3. The molecule has 73 heavy (non-hydrogen) atoms. The molecule has 6 nitrogen and oxygen atoms in total. The van der Waals surface area contributed by atoms with Gasteiger partial charge >= 0.3 is 0 Å². The Balaban J connectivity index is 0.000000395. The Morgan fingerprint density at radius 2 is 0.548 bits per heavy atom. The Morgan fingerprint density at radius 1 is 0.342 bits per heavy atom. The molecule has 379 valence electrons. The number of alkyl halides is 6. The molecule has 1 radical (unpaired) electrons. The molecule has 0 amide bonds. The molecule has 21 heteroatoms. The third kappa shape index (κ3) is 16.0. The minimum atomic E-state index is -0.750. The van der Waals surface area contributed by atoms with Crippen LogP contribution in [-0.4, -0.2) is 18.6 Å². The number of benzene rings is 3. The Labute approximate surface area is 532 Å². The van der Waals surface area contributed by atoms with Gasteiger partial charge in [-0.2, -0.15) is 0 Å². The minimum Gasteiger partial charge on any atom is -0.642 e. The number of nitrogens with zero attached hydrogens (tertiary/aromatic N) is 6. The van der Waals surface area contributed by atoms with Crippen LogP contribution in [0.4, 0.5) is 0 Å². The maximum absolute atomic E-state index is 5.46. The van der Waals surface area contributed by atoms with Gasteiger partial charge in [0.15, 0.2) is 8.59 Å². The first-order valence-corrected chi connectivity index (χ1v) is 29.7. The van der Waals surface area contributed by atoms with Gasteiger partial charge in [-0.15, -0.1) is 11.4 Å². The van der Waals surface area contributed by atoms with Crippen molar-refractivity contribution in [2.45, 2.75) is 29.4 Å². The molecule has 6 aromatic heterocycles. The zero-order valence-corrected chi connectivity index (χ0v) is 55.9. The summed E-state index contributed by atoms with van der Waals surface area (Å²) < 4.78 is 4.85. The van der Waals surface area contributed by atoms with Crippen molar-refractivity contribution in [2.75, 3.05) is 0 Å². The molecule has 7 heterocycles. The standard InChI is InChI=1S/C40H21Br8N4.2C5H5N.2CHCl3.Co/c1-16-4-10-19(11-5-16)22-33-25(41)27(43)35(49-33)23(20-12-6-17(2)7-13-20)37-29(45)31(47)39(51-37)40-32(48)30(46)38(52-40)24(21-14-8-18(3)9-15-21)36-28(44)26(42)34(22)50-36;2*1-2-4-6-5-3-1;2*2-1(3)4;/h4-15H,1-3H3;2*1-5H;2*1H;/q-1;;;;;. The topological polar surface area (TPSA) is 82.2 Å². The van der Waals surface area contributed by atoms with Gasteiger partial charge in [-0.3, -0.25) is 9.97 Å². The van der Waals surface area contributed by atoms with E-state index >= 15 is 0 Å². The molecule has 0 saturated heterocycles. The zero-order chi connectivity index (χ0) is 52.4. The van der Waals surface area contributed by atoms with Crippen LogP contribution in [-0.2, 0) is 16.8 Å². The Kier molecular flexibility index (Phi) is 25.4. The molecular weight excluding hydrogens is 1620 g/mol. The second-order valence-electron chi connectivity index (χ2n) is 15.0. The van der Waals surface area contributed by atoms with Crippen LogP contribution in [0.1, 0.15) is 67.5 Å². The van der Waals surface area contributed by atoms with Gasteiger partial charge < -0.3 is 19.9 Å².